The lowest BCUT2D eigenvalue weighted by Gasteiger charge is -2.14. The van der Waals surface area contributed by atoms with Gasteiger partial charge in [0.1, 0.15) is 0 Å². The van der Waals surface area contributed by atoms with Crippen LogP contribution >= 0.6 is 22.6 Å². The summed E-state index contributed by atoms with van der Waals surface area (Å²) in [6, 6.07) is 8.97. The molecule has 70 valence electrons. The first-order chi connectivity index (χ1) is 6.27. The van der Waals surface area contributed by atoms with E-state index in [4.69, 9.17) is 0 Å². The van der Waals surface area contributed by atoms with E-state index in [0.717, 1.165) is 6.42 Å². The highest BCUT2D eigenvalue weighted by atomic mass is 127. The van der Waals surface area contributed by atoms with Crippen LogP contribution in [0.3, 0.4) is 0 Å². The van der Waals surface area contributed by atoms with Crippen molar-refractivity contribution in [3.05, 3.63) is 46.1 Å². The van der Waals surface area contributed by atoms with Crippen LogP contribution in [0.4, 0.5) is 0 Å². The Morgan fingerprint density at radius 2 is 2.08 bits per heavy atom. The lowest BCUT2D eigenvalue weighted by atomic mass is 10.0. The molecule has 1 rings (SSSR count). The van der Waals surface area contributed by atoms with Gasteiger partial charge in [-0.25, -0.2) is 0 Å². The van der Waals surface area contributed by atoms with E-state index in [0.29, 0.717) is 6.04 Å². The number of rotatable bonds is 4. The maximum absolute atomic E-state index is 3.75. The van der Waals surface area contributed by atoms with E-state index >= 15 is 0 Å². The first-order valence-electron chi connectivity index (χ1n) is 4.31. The molecular formula is C11H14IN. The molecule has 0 aliphatic rings. The van der Waals surface area contributed by atoms with E-state index in [1.165, 1.54) is 9.13 Å². The van der Waals surface area contributed by atoms with Crippen molar-refractivity contribution in [2.75, 3.05) is 7.05 Å². The van der Waals surface area contributed by atoms with Crippen LogP contribution in [-0.2, 0) is 0 Å². The van der Waals surface area contributed by atoms with Gasteiger partial charge in [-0.2, -0.15) is 0 Å². The maximum atomic E-state index is 3.75. The van der Waals surface area contributed by atoms with Crippen molar-refractivity contribution in [2.45, 2.75) is 12.5 Å². The average molecular weight is 287 g/mol. The van der Waals surface area contributed by atoms with Gasteiger partial charge < -0.3 is 5.32 Å². The molecule has 0 aliphatic carbocycles. The number of halogens is 1. The van der Waals surface area contributed by atoms with Crippen LogP contribution in [0, 0.1) is 3.57 Å². The summed E-state index contributed by atoms with van der Waals surface area (Å²) in [5.74, 6) is 0. The summed E-state index contributed by atoms with van der Waals surface area (Å²) in [7, 11) is 1.98. The van der Waals surface area contributed by atoms with Crippen molar-refractivity contribution in [1.29, 1.82) is 0 Å². The van der Waals surface area contributed by atoms with Gasteiger partial charge in [0.2, 0.25) is 0 Å². The van der Waals surface area contributed by atoms with Gasteiger partial charge in [-0.1, -0.05) is 18.2 Å². The summed E-state index contributed by atoms with van der Waals surface area (Å²) in [6.45, 7) is 3.75. The number of hydrogen-bond donors (Lipinski definition) is 1. The van der Waals surface area contributed by atoms with Gasteiger partial charge in [-0.15, -0.1) is 6.58 Å². The molecule has 0 aromatic heterocycles. The van der Waals surface area contributed by atoms with Crippen LogP contribution in [0.1, 0.15) is 18.0 Å². The third kappa shape index (κ3) is 3.12. The quantitative estimate of drug-likeness (QED) is 0.662. The zero-order valence-corrected chi connectivity index (χ0v) is 9.91. The van der Waals surface area contributed by atoms with E-state index in [2.05, 4.69) is 58.8 Å². The molecule has 1 aromatic carbocycles. The molecule has 1 unspecified atom stereocenters. The van der Waals surface area contributed by atoms with Crippen molar-refractivity contribution in [1.82, 2.24) is 5.32 Å². The predicted octanol–water partition coefficient (Wildman–Crippen LogP) is 3.13. The van der Waals surface area contributed by atoms with Gasteiger partial charge in [0.05, 0.1) is 0 Å². The van der Waals surface area contributed by atoms with Gasteiger partial charge >= 0.3 is 0 Å². The monoisotopic (exact) mass is 287 g/mol. The third-order valence-electron chi connectivity index (χ3n) is 2.02. The second-order valence-corrected chi connectivity index (χ2v) is 4.16. The lowest BCUT2D eigenvalue weighted by molar-refractivity contribution is 0.604. The van der Waals surface area contributed by atoms with E-state index in [1.54, 1.807) is 0 Å². The van der Waals surface area contributed by atoms with E-state index in [-0.39, 0.29) is 0 Å². The topological polar surface area (TPSA) is 12.0 Å². The van der Waals surface area contributed by atoms with Crippen LogP contribution in [0.2, 0.25) is 0 Å². The summed E-state index contributed by atoms with van der Waals surface area (Å²) in [5, 5.41) is 3.27. The van der Waals surface area contributed by atoms with Crippen molar-refractivity contribution in [3.8, 4) is 0 Å². The molecule has 0 amide bonds. The van der Waals surface area contributed by atoms with Gasteiger partial charge in [-0.05, 0) is 53.8 Å². The first-order valence-corrected chi connectivity index (χ1v) is 5.39. The highest BCUT2D eigenvalue weighted by Gasteiger charge is 2.05. The lowest BCUT2D eigenvalue weighted by Crippen LogP contribution is -2.15. The minimum Gasteiger partial charge on any atom is -0.313 e. The highest BCUT2D eigenvalue weighted by Crippen LogP contribution is 2.17. The van der Waals surface area contributed by atoms with Gasteiger partial charge in [0.25, 0.3) is 0 Å². The Morgan fingerprint density at radius 1 is 1.46 bits per heavy atom. The Hall–Kier alpha value is -0.350. The molecule has 0 spiro atoms. The third-order valence-corrected chi connectivity index (χ3v) is 2.74. The Kier molecular flexibility index (Phi) is 4.45. The van der Waals surface area contributed by atoms with Gasteiger partial charge in [0, 0.05) is 9.61 Å². The molecule has 1 aromatic rings. The van der Waals surface area contributed by atoms with Crippen LogP contribution in [0.25, 0.3) is 0 Å². The molecule has 2 heteroatoms. The summed E-state index contributed by atoms with van der Waals surface area (Å²) < 4.78 is 1.27. The summed E-state index contributed by atoms with van der Waals surface area (Å²) in [4.78, 5) is 0. The molecule has 1 N–H and O–H groups in total. The van der Waals surface area contributed by atoms with Crippen LogP contribution in [0.15, 0.2) is 36.9 Å². The molecule has 1 atom stereocenters. The second-order valence-electron chi connectivity index (χ2n) is 2.92. The molecule has 0 heterocycles. The minimum absolute atomic E-state index is 0.398. The van der Waals surface area contributed by atoms with Gasteiger partial charge in [-0.3, -0.25) is 0 Å². The molecule has 0 radical (unpaired) electrons. The Labute approximate surface area is 93.4 Å². The van der Waals surface area contributed by atoms with E-state index in [9.17, 15) is 0 Å². The maximum Gasteiger partial charge on any atom is 0.0352 e. The molecular weight excluding hydrogens is 273 g/mol. The fraction of sp³-hybridized carbons (Fsp3) is 0.273. The fourth-order valence-electron chi connectivity index (χ4n) is 1.28. The Morgan fingerprint density at radius 3 is 2.54 bits per heavy atom. The molecule has 13 heavy (non-hydrogen) atoms. The summed E-state index contributed by atoms with van der Waals surface area (Å²) >= 11 is 2.31. The molecule has 1 nitrogen and oxygen atoms in total. The largest absolute Gasteiger partial charge is 0.313 e. The predicted molar refractivity (Wildman–Crippen MR) is 65.8 cm³/mol. The SMILES string of the molecule is C=CCC(NC)c1ccc(I)cc1. The van der Waals surface area contributed by atoms with Crippen molar-refractivity contribution < 1.29 is 0 Å². The van der Waals surface area contributed by atoms with E-state index < -0.39 is 0 Å². The molecule has 0 saturated carbocycles. The van der Waals surface area contributed by atoms with Crippen molar-refractivity contribution >= 4 is 22.6 Å². The molecule has 0 fully saturated rings. The van der Waals surface area contributed by atoms with Crippen molar-refractivity contribution in [3.63, 3.8) is 0 Å². The molecule has 0 aliphatic heterocycles. The normalized spacial score (nSPS) is 12.5. The fourth-order valence-corrected chi connectivity index (χ4v) is 1.64. The van der Waals surface area contributed by atoms with E-state index in [1.807, 2.05) is 13.1 Å². The number of nitrogens with one attached hydrogen (secondary N) is 1. The highest BCUT2D eigenvalue weighted by molar-refractivity contribution is 14.1. The standard InChI is InChI=1S/C11H14IN/c1-3-4-11(13-2)9-5-7-10(12)8-6-9/h3,5-8,11,13H,1,4H2,2H3. The summed E-state index contributed by atoms with van der Waals surface area (Å²) in [5.41, 5.74) is 1.32. The zero-order chi connectivity index (χ0) is 9.68. The Bertz CT molecular complexity index is 266. The molecule has 0 bridgehead atoms. The van der Waals surface area contributed by atoms with Crippen LogP contribution < -0.4 is 5.32 Å². The second kappa shape index (κ2) is 5.40. The summed E-state index contributed by atoms with van der Waals surface area (Å²) in [6.07, 6.45) is 2.91. The molecule has 0 saturated heterocycles. The number of hydrogen-bond acceptors (Lipinski definition) is 1. The smallest absolute Gasteiger partial charge is 0.0352 e. The average Bonchev–Trinajstić information content (AvgIpc) is 2.16. The Balaban J connectivity index is 2.78. The zero-order valence-electron chi connectivity index (χ0n) is 7.76. The minimum atomic E-state index is 0.398. The first kappa shape index (κ1) is 10.7. The van der Waals surface area contributed by atoms with Gasteiger partial charge in [0.15, 0.2) is 0 Å². The van der Waals surface area contributed by atoms with Crippen molar-refractivity contribution in [2.24, 2.45) is 0 Å². The van der Waals surface area contributed by atoms with Crippen LogP contribution in [-0.4, -0.2) is 7.05 Å². The number of benzene rings is 1. The van der Waals surface area contributed by atoms with Crippen LogP contribution in [0.5, 0.6) is 0 Å².